The molecule has 0 saturated heterocycles. The van der Waals surface area contributed by atoms with E-state index in [2.05, 4.69) is 23.8 Å². The number of carboxylic acid groups (broad SMARTS) is 1. The Labute approximate surface area is 155 Å². The molecule has 0 amide bonds. The normalized spacial score (nSPS) is 11.9. The smallest absolute Gasteiger partial charge is 0.259 e. The summed E-state index contributed by atoms with van der Waals surface area (Å²) in [5.41, 5.74) is 1.88. The summed E-state index contributed by atoms with van der Waals surface area (Å²) in [5.74, 6) is -0.727. The van der Waals surface area contributed by atoms with Gasteiger partial charge >= 0.3 is 0 Å². The maximum Gasteiger partial charge on any atom is 0.259 e. The van der Waals surface area contributed by atoms with Crippen molar-refractivity contribution in [2.24, 2.45) is 0 Å². The average molecular weight is 368 g/mol. The van der Waals surface area contributed by atoms with E-state index in [4.69, 9.17) is 11.6 Å². The second-order valence-corrected chi connectivity index (χ2v) is 6.65. The van der Waals surface area contributed by atoms with Crippen LogP contribution >= 0.6 is 11.6 Å². The van der Waals surface area contributed by atoms with Crippen LogP contribution in [0.1, 0.15) is 47.1 Å². The molecule has 3 aromatic rings. The van der Waals surface area contributed by atoms with Gasteiger partial charge < -0.3 is 14.9 Å². The largest absolute Gasteiger partial charge is 0.545 e. The first-order valence-corrected chi connectivity index (χ1v) is 8.46. The highest BCUT2D eigenvalue weighted by Gasteiger charge is 2.08. The van der Waals surface area contributed by atoms with Gasteiger partial charge in [0.25, 0.3) is 5.56 Å². The van der Waals surface area contributed by atoms with Crippen LogP contribution in [0.2, 0.25) is 0 Å². The Morgan fingerprint density at radius 2 is 1.88 bits per heavy atom. The minimum atomic E-state index is -1.33. The molecule has 0 aliphatic heterocycles. The number of aromatic nitrogens is 2. The zero-order chi connectivity index (χ0) is 18.8. The van der Waals surface area contributed by atoms with Crippen molar-refractivity contribution in [2.45, 2.75) is 19.8 Å². The molecule has 0 atom stereocenters. The van der Waals surface area contributed by atoms with E-state index in [1.807, 2.05) is 24.3 Å². The first-order chi connectivity index (χ1) is 12.3. The van der Waals surface area contributed by atoms with Crippen molar-refractivity contribution >= 4 is 39.6 Å². The molecule has 0 saturated carbocycles. The van der Waals surface area contributed by atoms with E-state index in [0.717, 1.165) is 5.56 Å². The fourth-order valence-corrected chi connectivity index (χ4v) is 2.79. The monoisotopic (exact) mass is 367 g/mol. The molecule has 0 fully saturated rings. The third kappa shape index (κ3) is 3.68. The van der Waals surface area contributed by atoms with Gasteiger partial charge in [0.05, 0.1) is 21.9 Å². The number of H-pyrrole nitrogens is 1. The highest BCUT2D eigenvalue weighted by molar-refractivity contribution is 6.50. The van der Waals surface area contributed by atoms with Crippen LogP contribution in [0.25, 0.3) is 22.0 Å². The molecule has 1 N–H and O–H groups in total. The molecule has 0 unspecified atom stereocenters. The summed E-state index contributed by atoms with van der Waals surface area (Å²) in [6.45, 7) is 4.23. The molecule has 0 spiro atoms. The number of carbonyl (C=O) groups excluding carboxylic acids is 1. The van der Waals surface area contributed by atoms with Crippen LogP contribution < -0.4 is 10.7 Å². The lowest BCUT2D eigenvalue weighted by molar-refractivity contribution is -0.255. The van der Waals surface area contributed by atoms with Crippen molar-refractivity contribution in [3.63, 3.8) is 0 Å². The Morgan fingerprint density at radius 3 is 2.50 bits per heavy atom. The third-order valence-electron chi connectivity index (χ3n) is 4.06. The van der Waals surface area contributed by atoms with Gasteiger partial charge in [-0.1, -0.05) is 55.8 Å². The summed E-state index contributed by atoms with van der Waals surface area (Å²) in [6.07, 6.45) is 1.69. The van der Waals surface area contributed by atoms with Gasteiger partial charge in [-0.25, -0.2) is 4.98 Å². The number of hydrogen-bond acceptors (Lipinski definition) is 4. The topological polar surface area (TPSA) is 85.9 Å². The molecule has 1 aromatic heterocycles. The van der Waals surface area contributed by atoms with Crippen LogP contribution in [-0.4, -0.2) is 15.9 Å². The summed E-state index contributed by atoms with van der Waals surface area (Å²) < 4.78 is 0. The molecule has 132 valence electrons. The second kappa shape index (κ2) is 7.14. The summed E-state index contributed by atoms with van der Waals surface area (Å²) in [6, 6.07) is 11.9. The molecule has 26 heavy (non-hydrogen) atoms. The number of aromatic amines is 1. The third-order valence-corrected chi connectivity index (χ3v) is 4.35. The number of carboxylic acids is 1. The minimum Gasteiger partial charge on any atom is -0.545 e. The highest BCUT2D eigenvalue weighted by atomic mass is 35.5. The number of fused-ring (bicyclic) bond motifs is 1. The molecule has 0 aliphatic carbocycles. The molecule has 5 nitrogen and oxygen atoms in total. The number of halogens is 1. The van der Waals surface area contributed by atoms with Crippen molar-refractivity contribution < 1.29 is 9.90 Å². The van der Waals surface area contributed by atoms with Crippen LogP contribution in [0, 0.1) is 0 Å². The Bertz CT molecular complexity index is 1070. The van der Waals surface area contributed by atoms with Crippen LogP contribution in [0.15, 0.2) is 47.3 Å². The summed E-state index contributed by atoms with van der Waals surface area (Å²) in [4.78, 5) is 30.1. The van der Waals surface area contributed by atoms with E-state index in [0.29, 0.717) is 5.92 Å². The fourth-order valence-electron chi connectivity index (χ4n) is 2.57. The van der Waals surface area contributed by atoms with E-state index >= 15 is 0 Å². The van der Waals surface area contributed by atoms with Gasteiger partial charge in [0.2, 0.25) is 0 Å². The lowest BCUT2D eigenvalue weighted by atomic mass is 10.0. The van der Waals surface area contributed by atoms with E-state index in [1.165, 1.54) is 23.8 Å². The van der Waals surface area contributed by atoms with E-state index in [9.17, 15) is 14.7 Å². The van der Waals surface area contributed by atoms with E-state index < -0.39 is 11.5 Å². The van der Waals surface area contributed by atoms with Crippen LogP contribution in [-0.2, 0) is 0 Å². The predicted molar refractivity (Wildman–Crippen MR) is 101 cm³/mol. The number of benzene rings is 2. The number of nitrogens with one attached hydrogen (secondary N) is 1. The van der Waals surface area contributed by atoms with Crippen molar-refractivity contribution in [3.05, 3.63) is 75.3 Å². The van der Waals surface area contributed by atoms with Gasteiger partial charge in [0, 0.05) is 0 Å². The molecule has 0 bridgehead atoms. The summed E-state index contributed by atoms with van der Waals surface area (Å²) in [7, 11) is 0. The van der Waals surface area contributed by atoms with Gasteiger partial charge in [-0.3, -0.25) is 4.79 Å². The molecular weight excluding hydrogens is 352 g/mol. The Morgan fingerprint density at radius 1 is 1.19 bits per heavy atom. The lowest BCUT2D eigenvalue weighted by Gasteiger charge is -2.07. The van der Waals surface area contributed by atoms with E-state index in [1.54, 1.807) is 6.08 Å². The summed E-state index contributed by atoms with van der Waals surface area (Å²) >= 11 is 6.32. The van der Waals surface area contributed by atoms with Crippen molar-refractivity contribution in [1.29, 1.82) is 0 Å². The molecular formula is C20H16ClN2O3-. The zero-order valence-electron chi connectivity index (χ0n) is 14.2. The minimum absolute atomic E-state index is 0.0501. The summed E-state index contributed by atoms with van der Waals surface area (Å²) in [5, 5.41) is 11.5. The molecule has 0 aliphatic rings. The number of rotatable bonds is 4. The standard InChI is InChI=1S/C20H17ClN2O3/c1-11(2)13-5-3-12(4-6-13)9-16(21)18-22-17-10-14(20(25)26)7-8-15(17)19(24)23-18/h3-11H,1-2H3,(H,25,26)(H,22,23,24)/p-1/b16-9-. The first-order valence-electron chi connectivity index (χ1n) is 8.08. The Balaban J connectivity index is 2.03. The van der Waals surface area contributed by atoms with Gasteiger partial charge in [0.1, 0.15) is 0 Å². The van der Waals surface area contributed by atoms with E-state index in [-0.39, 0.29) is 27.3 Å². The van der Waals surface area contributed by atoms with Crippen molar-refractivity contribution in [3.8, 4) is 0 Å². The van der Waals surface area contributed by atoms with Gasteiger partial charge in [-0.15, -0.1) is 0 Å². The average Bonchev–Trinajstić information content (AvgIpc) is 2.61. The van der Waals surface area contributed by atoms with Crippen LogP contribution in [0.4, 0.5) is 0 Å². The van der Waals surface area contributed by atoms with Crippen LogP contribution in [0.3, 0.4) is 0 Å². The molecule has 2 aromatic carbocycles. The SMILES string of the molecule is CC(C)c1ccc(/C=C(\Cl)c2nc3cc(C(=O)[O-])ccc3c(=O)[nH]2)cc1. The van der Waals surface area contributed by atoms with Crippen molar-refractivity contribution in [2.75, 3.05) is 0 Å². The number of hydrogen-bond donors (Lipinski definition) is 1. The number of aromatic carboxylic acids is 1. The molecule has 0 radical (unpaired) electrons. The molecule has 6 heteroatoms. The van der Waals surface area contributed by atoms with Gasteiger partial charge in [-0.05, 0) is 40.8 Å². The second-order valence-electron chi connectivity index (χ2n) is 6.25. The quantitative estimate of drug-likeness (QED) is 0.767. The lowest BCUT2D eigenvalue weighted by Crippen LogP contribution is -2.22. The Kier molecular flexibility index (Phi) is 4.91. The maximum atomic E-state index is 12.2. The molecule has 1 heterocycles. The van der Waals surface area contributed by atoms with Crippen molar-refractivity contribution in [1.82, 2.24) is 9.97 Å². The zero-order valence-corrected chi connectivity index (χ0v) is 15.0. The first kappa shape index (κ1) is 17.9. The maximum absolute atomic E-state index is 12.2. The number of nitrogens with zero attached hydrogens (tertiary/aromatic N) is 1. The number of carbonyl (C=O) groups is 1. The molecule has 3 rings (SSSR count). The predicted octanol–water partition coefficient (Wildman–Crippen LogP) is 3.15. The fraction of sp³-hybridized carbons (Fsp3) is 0.150. The highest BCUT2D eigenvalue weighted by Crippen LogP contribution is 2.22. The van der Waals surface area contributed by atoms with Crippen LogP contribution in [0.5, 0.6) is 0 Å². The Hall–Kier alpha value is -2.92. The van der Waals surface area contributed by atoms with Gasteiger partial charge in [-0.2, -0.15) is 0 Å². The van der Waals surface area contributed by atoms with Gasteiger partial charge in [0.15, 0.2) is 5.82 Å².